The summed E-state index contributed by atoms with van der Waals surface area (Å²) in [4.78, 5) is 27.5. The standard InChI is InChI=1S/C27H23BrFNO5/c1-34-21-12-7-16(15-22(21)35-2)13-14-30-24(19-5-3-4-6-20(19)29)23(26(32)27(30)33)25(31)17-8-10-18(28)11-9-17/h3-12,15,24,31H,13-14H2,1-2H3/b25-23-. The Hall–Kier alpha value is -3.65. The van der Waals surface area contributed by atoms with Gasteiger partial charge in [-0.2, -0.15) is 0 Å². The summed E-state index contributed by atoms with van der Waals surface area (Å²) in [5.74, 6) is -1.47. The Morgan fingerprint density at radius 3 is 2.34 bits per heavy atom. The molecule has 180 valence electrons. The molecule has 1 fully saturated rings. The molecule has 1 unspecified atom stereocenters. The van der Waals surface area contributed by atoms with Crippen LogP contribution < -0.4 is 9.47 Å². The van der Waals surface area contributed by atoms with E-state index in [0.29, 0.717) is 23.5 Å². The normalized spacial score (nSPS) is 17.0. The van der Waals surface area contributed by atoms with Crippen molar-refractivity contribution in [3.63, 3.8) is 0 Å². The quantitative estimate of drug-likeness (QED) is 0.251. The van der Waals surface area contributed by atoms with Crippen LogP contribution in [-0.2, 0) is 16.0 Å². The summed E-state index contributed by atoms with van der Waals surface area (Å²) in [5, 5.41) is 11.1. The Morgan fingerprint density at radius 2 is 1.69 bits per heavy atom. The summed E-state index contributed by atoms with van der Waals surface area (Å²) in [7, 11) is 3.07. The second-order valence-electron chi connectivity index (χ2n) is 7.96. The topological polar surface area (TPSA) is 76.1 Å². The molecule has 0 aliphatic carbocycles. The maximum Gasteiger partial charge on any atom is 0.295 e. The van der Waals surface area contributed by atoms with E-state index in [9.17, 15) is 19.1 Å². The van der Waals surface area contributed by atoms with E-state index in [2.05, 4.69) is 15.9 Å². The Kier molecular flexibility index (Phi) is 7.21. The minimum atomic E-state index is -1.07. The number of aliphatic hydroxyl groups excluding tert-OH is 1. The Balaban J connectivity index is 1.75. The van der Waals surface area contributed by atoms with Crippen molar-refractivity contribution in [2.45, 2.75) is 12.5 Å². The molecule has 1 atom stereocenters. The highest BCUT2D eigenvalue weighted by atomic mass is 79.9. The number of carbonyl (C=O) groups is 2. The number of hydrogen-bond donors (Lipinski definition) is 1. The van der Waals surface area contributed by atoms with Gasteiger partial charge in [-0.15, -0.1) is 0 Å². The second-order valence-corrected chi connectivity index (χ2v) is 8.88. The molecule has 3 aromatic carbocycles. The van der Waals surface area contributed by atoms with Gasteiger partial charge in [0.1, 0.15) is 11.6 Å². The predicted octanol–water partition coefficient (Wildman–Crippen LogP) is 5.27. The molecule has 35 heavy (non-hydrogen) atoms. The molecule has 1 heterocycles. The third-order valence-corrected chi connectivity index (χ3v) is 6.48. The fourth-order valence-corrected chi connectivity index (χ4v) is 4.44. The lowest BCUT2D eigenvalue weighted by Crippen LogP contribution is -2.32. The third-order valence-electron chi connectivity index (χ3n) is 5.95. The van der Waals surface area contributed by atoms with Gasteiger partial charge in [0.25, 0.3) is 11.7 Å². The fourth-order valence-electron chi connectivity index (χ4n) is 4.18. The number of ketones is 1. The van der Waals surface area contributed by atoms with Gasteiger partial charge in [0, 0.05) is 22.1 Å². The lowest BCUT2D eigenvalue weighted by atomic mass is 9.95. The van der Waals surface area contributed by atoms with Gasteiger partial charge in [-0.1, -0.05) is 52.3 Å². The van der Waals surface area contributed by atoms with E-state index in [0.717, 1.165) is 10.0 Å². The minimum absolute atomic E-state index is 0.121. The van der Waals surface area contributed by atoms with Crippen molar-refractivity contribution in [1.29, 1.82) is 0 Å². The van der Waals surface area contributed by atoms with Crippen LogP contribution in [-0.4, -0.2) is 42.5 Å². The highest BCUT2D eigenvalue weighted by Crippen LogP contribution is 2.40. The van der Waals surface area contributed by atoms with E-state index in [1.807, 2.05) is 6.07 Å². The number of benzene rings is 3. The van der Waals surface area contributed by atoms with E-state index in [-0.39, 0.29) is 23.4 Å². The molecule has 1 N–H and O–H groups in total. The Morgan fingerprint density at radius 1 is 1.00 bits per heavy atom. The summed E-state index contributed by atoms with van der Waals surface area (Å²) in [6.07, 6.45) is 0.372. The molecule has 0 spiro atoms. The summed E-state index contributed by atoms with van der Waals surface area (Å²) in [6, 6.07) is 16.9. The fraction of sp³-hybridized carbons (Fsp3) is 0.185. The number of carbonyl (C=O) groups excluding carboxylic acids is 2. The summed E-state index contributed by atoms with van der Waals surface area (Å²) in [5.41, 5.74) is 1.18. The van der Waals surface area contributed by atoms with Gasteiger partial charge in [-0.3, -0.25) is 9.59 Å². The molecular weight excluding hydrogens is 517 g/mol. The molecule has 0 bridgehead atoms. The number of aliphatic hydroxyl groups is 1. The zero-order chi connectivity index (χ0) is 25.1. The van der Waals surface area contributed by atoms with Gasteiger partial charge in [-0.25, -0.2) is 4.39 Å². The van der Waals surface area contributed by atoms with E-state index < -0.39 is 23.5 Å². The molecule has 6 nitrogen and oxygen atoms in total. The smallest absolute Gasteiger partial charge is 0.295 e. The van der Waals surface area contributed by atoms with E-state index in [4.69, 9.17) is 9.47 Å². The zero-order valence-electron chi connectivity index (χ0n) is 19.1. The largest absolute Gasteiger partial charge is 0.507 e. The number of nitrogens with zero attached hydrogens (tertiary/aromatic N) is 1. The van der Waals surface area contributed by atoms with E-state index >= 15 is 0 Å². The van der Waals surface area contributed by atoms with Gasteiger partial charge in [0.2, 0.25) is 0 Å². The molecule has 0 saturated carbocycles. The van der Waals surface area contributed by atoms with Crippen LogP contribution in [0.25, 0.3) is 5.76 Å². The molecule has 3 aromatic rings. The molecule has 4 rings (SSSR count). The van der Waals surface area contributed by atoms with Crippen LogP contribution in [0, 0.1) is 5.82 Å². The van der Waals surface area contributed by atoms with Gasteiger partial charge in [0.05, 0.1) is 25.8 Å². The third kappa shape index (κ3) is 4.79. The summed E-state index contributed by atoms with van der Waals surface area (Å²) < 4.78 is 26.3. The molecule has 0 radical (unpaired) electrons. The van der Waals surface area contributed by atoms with Crippen molar-refractivity contribution >= 4 is 33.4 Å². The number of ether oxygens (including phenoxy) is 2. The van der Waals surface area contributed by atoms with Crippen molar-refractivity contribution in [1.82, 2.24) is 4.90 Å². The van der Waals surface area contributed by atoms with Crippen LogP contribution >= 0.6 is 15.9 Å². The average molecular weight is 540 g/mol. The summed E-state index contributed by atoms with van der Waals surface area (Å²) in [6.45, 7) is 0.121. The maximum atomic E-state index is 14.9. The van der Waals surface area contributed by atoms with E-state index in [1.165, 1.54) is 37.3 Å². The molecule has 1 aliphatic heterocycles. The molecule has 8 heteroatoms. The maximum absolute atomic E-state index is 14.9. The number of Topliss-reactive ketones (excluding diaryl/α,β-unsaturated/α-hetero) is 1. The molecule has 1 aliphatic rings. The van der Waals surface area contributed by atoms with Gasteiger partial charge < -0.3 is 19.5 Å². The Labute approximate surface area is 210 Å². The number of rotatable bonds is 7. The van der Waals surface area contributed by atoms with Gasteiger partial charge in [0.15, 0.2) is 11.5 Å². The number of amides is 1. The number of methoxy groups -OCH3 is 2. The van der Waals surface area contributed by atoms with Crippen LogP contribution in [0.15, 0.2) is 76.8 Å². The lowest BCUT2D eigenvalue weighted by Gasteiger charge is -2.26. The highest BCUT2D eigenvalue weighted by molar-refractivity contribution is 9.10. The number of hydrogen-bond acceptors (Lipinski definition) is 5. The second kappa shape index (κ2) is 10.3. The van der Waals surface area contributed by atoms with Gasteiger partial charge >= 0.3 is 0 Å². The first-order valence-corrected chi connectivity index (χ1v) is 11.6. The molecule has 1 saturated heterocycles. The van der Waals surface area contributed by atoms with Crippen LogP contribution in [0.4, 0.5) is 4.39 Å². The lowest BCUT2D eigenvalue weighted by molar-refractivity contribution is -0.139. The van der Waals surface area contributed by atoms with Crippen LogP contribution in [0.2, 0.25) is 0 Å². The molecular formula is C27H23BrFNO5. The number of halogens is 2. The SMILES string of the molecule is COc1ccc(CCN2C(=O)C(=O)/C(=C(\O)c3ccc(Br)cc3)C2c2ccccc2F)cc1OC. The van der Waals surface area contributed by atoms with Crippen molar-refractivity contribution in [3.8, 4) is 11.5 Å². The monoisotopic (exact) mass is 539 g/mol. The predicted molar refractivity (Wildman–Crippen MR) is 133 cm³/mol. The zero-order valence-corrected chi connectivity index (χ0v) is 20.7. The van der Waals surface area contributed by atoms with Gasteiger partial charge in [-0.05, 0) is 42.3 Å². The van der Waals surface area contributed by atoms with Crippen molar-refractivity contribution < 1.29 is 28.6 Å². The first-order valence-electron chi connectivity index (χ1n) is 10.9. The van der Waals surface area contributed by atoms with Crippen molar-refractivity contribution in [3.05, 3.63) is 99.3 Å². The average Bonchev–Trinajstić information content (AvgIpc) is 3.12. The highest BCUT2D eigenvalue weighted by Gasteiger charge is 2.46. The molecule has 1 amide bonds. The first kappa shape index (κ1) is 24.5. The van der Waals surface area contributed by atoms with E-state index in [1.54, 1.807) is 42.5 Å². The van der Waals surface area contributed by atoms with Crippen molar-refractivity contribution in [2.75, 3.05) is 20.8 Å². The van der Waals surface area contributed by atoms with Crippen LogP contribution in [0.3, 0.4) is 0 Å². The van der Waals surface area contributed by atoms with Crippen molar-refractivity contribution in [2.24, 2.45) is 0 Å². The number of likely N-dealkylation sites (tertiary alicyclic amines) is 1. The van der Waals surface area contributed by atoms with Crippen LogP contribution in [0.5, 0.6) is 11.5 Å². The first-order chi connectivity index (χ1) is 16.8. The minimum Gasteiger partial charge on any atom is -0.507 e. The van der Waals surface area contributed by atoms with Crippen LogP contribution in [0.1, 0.15) is 22.7 Å². The molecule has 0 aromatic heterocycles. The Bertz CT molecular complexity index is 1310. The summed E-state index contributed by atoms with van der Waals surface area (Å²) >= 11 is 3.34.